The van der Waals surface area contributed by atoms with E-state index in [2.05, 4.69) is 23.1 Å². The molecule has 1 aromatic rings. The van der Waals surface area contributed by atoms with Gasteiger partial charge in [0.1, 0.15) is 5.82 Å². The number of nitrogens with one attached hydrogen (secondary N) is 2. The van der Waals surface area contributed by atoms with E-state index in [0.29, 0.717) is 0 Å². The first-order valence-corrected chi connectivity index (χ1v) is 5.08. The van der Waals surface area contributed by atoms with Gasteiger partial charge in [0.05, 0.1) is 15.6 Å². The number of benzene rings is 1. The molecule has 0 aromatic heterocycles. The van der Waals surface area contributed by atoms with E-state index in [9.17, 15) is 9.18 Å². The second kappa shape index (κ2) is 5.29. The highest BCUT2D eigenvalue weighted by Gasteiger charge is 2.13. The molecule has 8 heteroatoms. The van der Waals surface area contributed by atoms with Crippen LogP contribution in [0, 0.1) is 5.82 Å². The van der Waals surface area contributed by atoms with Gasteiger partial charge in [-0.1, -0.05) is 23.2 Å². The van der Waals surface area contributed by atoms with Crippen LogP contribution in [-0.4, -0.2) is 11.0 Å². The molecule has 0 radical (unpaired) electrons. The Morgan fingerprint density at radius 1 is 1.31 bits per heavy atom. The second-order valence-electron chi connectivity index (χ2n) is 2.69. The zero-order valence-electron chi connectivity index (χ0n) is 7.68. The molecule has 4 N–H and O–H groups in total. The van der Waals surface area contributed by atoms with E-state index in [1.807, 2.05) is 0 Å². The summed E-state index contributed by atoms with van der Waals surface area (Å²) in [5.41, 5.74) is 9.35. The Kier molecular flexibility index (Phi) is 4.28. The van der Waals surface area contributed by atoms with Crippen LogP contribution in [-0.2, 0) is 0 Å². The van der Waals surface area contributed by atoms with Crippen LogP contribution in [0.3, 0.4) is 0 Å². The van der Waals surface area contributed by atoms with E-state index in [1.54, 1.807) is 0 Å². The van der Waals surface area contributed by atoms with Crippen molar-refractivity contribution >= 4 is 46.4 Å². The number of halogens is 3. The highest BCUT2D eigenvalue weighted by Crippen LogP contribution is 2.23. The molecule has 0 spiro atoms. The van der Waals surface area contributed by atoms with Crippen LogP contribution in [0.4, 0.5) is 4.39 Å². The topological polar surface area (TPSA) is 67.2 Å². The third-order valence-electron chi connectivity index (χ3n) is 1.55. The van der Waals surface area contributed by atoms with Crippen molar-refractivity contribution in [3.63, 3.8) is 0 Å². The number of rotatable bonds is 1. The second-order valence-corrected chi connectivity index (χ2v) is 3.94. The van der Waals surface area contributed by atoms with Crippen LogP contribution >= 0.6 is 35.4 Å². The van der Waals surface area contributed by atoms with Gasteiger partial charge in [0, 0.05) is 0 Å². The molecule has 0 aliphatic heterocycles. The van der Waals surface area contributed by atoms with Crippen LogP contribution in [0.25, 0.3) is 0 Å². The Labute approximate surface area is 106 Å². The lowest BCUT2D eigenvalue weighted by Crippen LogP contribution is -2.44. The Hall–Kier alpha value is -1.11. The lowest BCUT2D eigenvalue weighted by Gasteiger charge is -2.08. The van der Waals surface area contributed by atoms with Crippen molar-refractivity contribution in [2.45, 2.75) is 0 Å². The fraction of sp³-hybridized carbons (Fsp3) is 0. The molecule has 1 rings (SSSR count). The van der Waals surface area contributed by atoms with Crippen LogP contribution < -0.4 is 16.6 Å². The minimum absolute atomic E-state index is 0.0219. The number of hydrazine groups is 1. The van der Waals surface area contributed by atoms with Gasteiger partial charge in [0.25, 0.3) is 5.91 Å². The van der Waals surface area contributed by atoms with E-state index in [-0.39, 0.29) is 20.7 Å². The number of amides is 1. The average molecular weight is 282 g/mol. The molecule has 0 saturated carbocycles. The Morgan fingerprint density at radius 2 is 1.94 bits per heavy atom. The number of hydrogen-bond acceptors (Lipinski definition) is 2. The van der Waals surface area contributed by atoms with E-state index in [4.69, 9.17) is 28.9 Å². The molecule has 0 saturated heterocycles. The summed E-state index contributed by atoms with van der Waals surface area (Å²) < 4.78 is 13.1. The van der Waals surface area contributed by atoms with E-state index >= 15 is 0 Å². The predicted molar refractivity (Wildman–Crippen MR) is 63.8 cm³/mol. The molecule has 1 aromatic carbocycles. The Bertz CT molecular complexity index is 455. The van der Waals surface area contributed by atoms with Gasteiger partial charge in [0.15, 0.2) is 5.11 Å². The quantitative estimate of drug-likeness (QED) is 0.416. The third kappa shape index (κ3) is 3.19. The molecule has 0 fully saturated rings. The smallest absolute Gasteiger partial charge is 0.271 e. The van der Waals surface area contributed by atoms with Gasteiger partial charge < -0.3 is 5.73 Å². The van der Waals surface area contributed by atoms with Crippen molar-refractivity contribution in [2.24, 2.45) is 5.73 Å². The van der Waals surface area contributed by atoms with Crippen LogP contribution in [0.15, 0.2) is 12.1 Å². The maximum Gasteiger partial charge on any atom is 0.271 e. The van der Waals surface area contributed by atoms with Crippen molar-refractivity contribution in [3.05, 3.63) is 33.6 Å². The van der Waals surface area contributed by atoms with Crippen LogP contribution in [0.2, 0.25) is 10.0 Å². The van der Waals surface area contributed by atoms with Gasteiger partial charge in [-0.3, -0.25) is 15.6 Å². The minimum atomic E-state index is -0.744. The summed E-state index contributed by atoms with van der Waals surface area (Å²) in [5, 5.41) is -0.267. The summed E-state index contributed by atoms with van der Waals surface area (Å²) in [6, 6.07) is 2.05. The van der Waals surface area contributed by atoms with Gasteiger partial charge in [-0.2, -0.15) is 0 Å². The molecular weight excluding hydrogens is 276 g/mol. The van der Waals surface area contributed by atoms with Crippen LogP contribution in [0.1, 0.15) is 10.4 Å². The molecule has 86 valence electrons. The molecule has 4 nitrogen and oxygen atoms in total. The molecular formula is C8H6Cl2FN3OS. The van der Waals surface area contributed by atoms with Gasteiger partial charge in [-0.25, -0.2) is 4.39 Å². The highest BCUT2D eigenvalue weighted by atomic mass is 35.5. The fourth-order valence-electron chi connectivity index (χ4n) is 0.882. The Morgan fingerprint density at radius 3 is 2.50 bits per heavy atom. The number of nitrogens with two attached hydrogens (primary N) is 1. The van der Waals surface area contributed by atoms with E-state index in [0.717, 1.165) is 12.1 Å². The first kappa shape index (κ1) is 13.0. The SMILES string of the molecule is NC(=S)NNC(=O)c1cc(F)c(Cl)cc1Cl. The van der Waals surface area contributed by atoms with Crippen molar-refractivity contribution in [2.75, 3.05) is 0 Å². The van der Waals surface area contributed by atoms with Gasteiger partial charge in [-0.15, -0.1) is 0 Å². The zero-order chi connectivity index (χ0) is 12.3. The predicted octanol–water partition coefficient (Wildman–Crippen LogP) is 1.61. The Balaban J connectivity index is 2.91. The zero-order valence-corrected chi connectivity index (χ0v) is 10.0. The van der Waals surface area contributed by atoms with Crippen molar-refractivity contribution in [1.29, 1.82) is 0 Å². The van der Waals surface area contributed by atoms with Crippen molar-refractivity contribution < 1.29 is 9.18 Å². The molecule has 0 heterocycles. The third-order valence-corrected chi connectivity index (χ3v) is 2.26. The summed E-state index contributed by atoms with van der Waals surface area (Å²) in [5.74, 6) is -1.42. The number of carbonyl (C=O) groups excluding carboxylic acids is 1. The maximum atomic E-state index is 13.1. The number of carbonyl (C=O) groups is 1. The normalized spacial score (nSPS) is 9.69. The maximum absolute atomic E-state index is 13.1. The lowest BCUT2D eigenvalue weighted by molar-refractivity contribution is 0.0943. The van der Waals surface area contributed by atoms with E-state index in [1.165, 1.54) is 0 Å². The van der Waals surface area contributed by atoms with Gasteiger partial charge in [0.2, 0.25) is 0 Å². The summed E-state index contributed by atoms with van der Waals surface area (Å²) in [6.07, 6.45) is 0. The molecule has 1 amide bonds. The monoisotopic (exact) mass is 281 g/mol. The number of hydrogen-bond donors (Lipinski definition) is 3. The molecule has 0 aliphatic rings. The van der Waals surface area contributed by atoms with E-state index < -0.39 is 11.7 Å². The summed E-state index contributed by atoms with van der Waals surface area (Å²) in [4.78, 5) is 11.5. The average Bonchev–Trinajstić information content (AvgIpc) is 2.20. The standard InChI is InChI=1S/C8H6Cl2FN3OS/c9-4-2-5(10)6(11)1-3(4)7(15)13-14-8(12)16/h1-2H,(H,13,15)(H3,12,14,16). The van der Waals surface area contributed by atoms with Gasteiger partial charge >= 0.3 is 0 Å². The number of thiocarbonyl (C=S) groups is 1. The molecule has 16 heavy (non-hydrogen) atoms. The molecule has 0 bridgehead atoms. The summed E-state index contributed by atoms with van der Waals surface area (Å²) >= 11 is 15.6. The lowest BCUT2D eigenvalue weighted by atomic mass is 10.2. The highest BCUT2D eigenvalue weighted by molar-refractivity contribution is 7.80. The van der Waals surface area contributed by atoms with Crippen LogP contribution in [0.5, 0.6) is 0 Å². The van der Waals surface area contributed by atoms with Gasteiger partial charge in [-0.05, 0) is 24.4 Å². The first-order chi connectivity index (χ1) is 7.41. The minimum Gasteiger partial charge on any atom is -0.375 e. The summed E-state index contributed by atoms with van der Waals surface area (Å²) in [6.45, 7) is 0. The largest absolute Gasteiger partial charge is 0.375 e. The molecule has 0 atom stereocenters. The summed E-state index contributed by atoms with van der Waals surface area (Å²) in [7, 11) is 0. The van der Waals surface area contributed by atoms with Crippen molar-refractivity contribution in [3.8, 4) is 0 Å². The van der Waals surface area contributed by atoms with Crippen molar-refractivity contribution in [1.82, 2.24) is 10.9 Å². The fourth-order valence-corrected chi connectivity index (χ4v) is 1.40. The first-order valence-electron chi connectivity index (χ1n) is 3.92. The molecule has 0 aliphatic carbocycles. The molecule has 0 unspecified atom stereocenters.